The quantitative estimate of drug-likeness (QED) is 0.313. The van der Waals surface area contributed by atoms with Gasteiger partial charge in [-0.15, -0.1) is 0 Å². The van der Waals surface area contributed by atoms with Crippen molar-refractivity contribution in [2.24, 2.45) is 0 Å². The third-order valence-electron chi connectivity index (χ3n) is 4.70. The van der Waals surface area contributed by atoms with Crippen LogP contribution in [0, 0.1) is 6.92 Å². The van der Waals surface area contributed by atoms with Crippen molar-refractivity contribution in [1.82, 2.24) is 0 Å². The molecule has 0 saturated carbocycles. The summed E-state index contributed by atoms with van der Waals surface area (Å²) >= 11 is -0.293. The van der Waals surface area contributed by atoms with Crippen LogP contribution in [0.1, 0.15) is 31.9 Å². The molecule has 0 radical (unpaired) electrons. The molecule has 0 unspecified atom stereocenters. The fourth-order valence-electron chi connectivity index (χ4n) is 3.68. The molecule has 4 aromatic rings. The second-order valence-corrected chi connectivity index (χ2v) is 10.6. The molecule has 0 atom stereocenters. The van der Waals surface area contributed by atoms with Gasteiger partial charge in [-0.2, -0.15) is 0 Å². The Balaban J connectivity index is 2.03. The topological polar surface area (TPSA) is 0 Å². The molecule has 1 heteroatoms. The number of hydrogen-bond acceptors (Lipinski definition) is 0. The zero-order chi connectivity index (χ0) is 16.9. The molecule has 1 heterocycles. The molecule has 0 bridgehead atoms. The van der Waals surface area contributed by atoms with Gasteiger partial charge >= 0.3 is 154 Å². The summed E-state index contributed by atoms with van der Waals surface area (Å²) in [7, 11) is 0. The fraction of sp³-hybridized carbons (Fsp3) is 0.217. The molecule has 0 aliphatic rings. The molecule has 0 spiro atoms. The van der Waals surface area contributed by atoms with Crippen LogP contribution < -0.4 is 0 Å². The van der Waals surface area contributed by atoms with Gasteiger partial charge in [-0.25, -0.2) is 0 Å². The Labute approximate surface area is 153 Å². The van der Waals surface area contributed by atoms with Crippen LogP contribution >= 0.6 is 0 Å². The summed E-state index contributed by atoms with van der Waals surface area (Å²) < 4.78 is 3.25. The van der Waals surface area contributed by atoms with E-state index >= 15 is 0 Å². The van der Waals surface area contributed by atoms with Crippen molar-refractivity contribution < 1.29 is 0 Å². The van der Waals surface area contributed by atoms with Crippen LogP contribution in [0.4, 0.5) is 0 Å². The van der Waals surface area contributed by atoms with Crippen molar-refractivity contribution in [2.75, 3.05) is 0 Å². The van der Waals surface area contributed by atoms with Gasteiger partial charge in [-0.1, -0.05) is 0 Å². The molecule has 0 N–H and O–H groups in total. The monoisotopic (exact) mass is 428 g/mol. The second-order valence-electron chi connectivity index (χ2n) is 7.56. The van der Waals surface area contributed by atoms with Gasteiger partial charge in [0.1, 0.15) is 0 Å². The third kappa shape index (κ3) is 2.61. The number of hydrogen-bond donors (Lipinski definition) is 0. The van der Waals surface area contributed by atoms with Gasteiger partial charge in [-0.3, -0.25) is 0 Å². The Morgan fingerprint density at radius 2 is 1.50 bits per heavy atom. The molecule has 0 fully saturated rings. The zero-order valence-corrected chi connectivity index (χ0v) is 17.0. The van der Waals surface area contributed by atoms with Gasteiger partial charge in [-0.05, 0) is 0 Å². The van der Waals surface area contributed by atoms with Crippen molar-refractivity contribution in [1.29, 1.82) is 0 Å². The van der Waals surface area contributed by atoms with E-state index in [1.54, 1.807) is 12.4 Å². The van der Waals surface area contributed by atoms with Gasteiger partial charge in [0.15, 0.2) is 0 Å². The molecular weight excluding hydrogens is 404 g/mol. The molecule has 0 nitrogen and oxygen atoms in total. The molecule has 0 aliphatic carbocycles. The summed E-state index contributed by atoms with van der Waals surface area (Å²) in [5, 5.41) is 2.96. The first kappa shape index (κ1) is 15.9. The van der Waals surface area contributed by atoms with E-state index in [1.807, 2.05) is 0 Å². The first-order valence-electron chi connectivity index (χ1n) is 8.47. The van der Waals surface area contributed by atoms with Gasteiger partial charge in [0.2, 0.25) is 0 Å². The predicted molar refractivity (Wildman–Crippen MR) is 107 cm³/mol. The summed E-state index contributed by atoms with van der Waals surface area (Å²) in [4.78, 5) is 0. The maximum atomic E-state index is 2.41. The molecule has 0 saturated heterocycles. The number of aryl methyl sites for hydroxylation is 1. The van der Waals surface area contributed by atoms with Crippen LogP contribution in [0.2, 0.25) is 0 Å². The summed E-state index contributed by atoms with van der Waals surface area (Å²) in [5.41, 5.74) is 5.87. The number of rotatable bonds is 1. The minimum atomic E-state index is -0.293. The summed E-state index contributed by atoms with van der Waals surface area (Å²) in [6.45, 7) is 9.31. The minimum absolute atomic E-state index is 0.213. The average Bonchev–Trinajstić information content (AvgIpc) is 2.91. The number of benzene rings is 3. The molecule has 3 aromatic carbocycles. The summed E-state index contributed by atoms with van der Waals surface area (Å²) in [6.07, 6.45) is 0. The van der Waals surface area contributed by atoms with E-state index in [-0.39, 0.29) is 25.8 Å². The van der Waals surface area contributed by atoms with Gasteiger partial charge < -0.3 is 0 Å². The van der Waals surface area contributed by atoms with E-state index in [2.05, 4.69) is 88.4 Å². The van der Waals surface area contributed by atoms with Crippen LogP contribution in [0.15, 0.2) is 60.7 Å². The van der Waals surface area contributed by atoms with E-state index in [4.69, 9.17) is 0 Å². The summed E-state index contributed by atoms with van der Waals surface area (Å²) in [5.74, 6) is 0. The summed E-state index contributed by atoms with van der Waals surface area (Å²) in [6, 6.07) is 22.5. The normalized spacial score (nSPS) is 12.2. The Hall–Kier alpha value is -1.55. The van der Waals surface area contributed by atoms with Crippen LogP contribution in [0.25, 0.3) is 28.7 Å². The van der Waals surface area contributed by atoms with Crippen LogP contribution in [0.3, 0.4) is 0 Å². The van der Waals surface area contributed by atoms with E-state index in [0.29, 0.717) is 0 Å². The Kier molecular flexibility index (Phi) is 3.83. The van der Waals surface area contributed by atoms with E-state index in [0.717, 1.165) is 0 Å². The standard InChI is InChI=1S/C23H22Te/c1-15-10-12-18-19-14-17(16-8-6-5-7-9-16)11-13-20(19)24-22(18)21(15)23(2,3)4/h5-14H,1-4H3. The SMILES string of the molecule is Cc1ccc2c([te]c3ccc(-c4ccccc4)cc32)c1C(C)(C)C. The van der Waals surface area contributed by atoms with Gasteiger partial charge in [0.05, 0.1) is 0 Å². The Morgan fingerprint density at radius 1 is 0.750 bits per heavy atom. The molecule has 1 aromatic heterocycles. The van der Waals surface area contributed by atoms with Crippen molar-refractivity contribution in [3.63, 3.8) is 0 Å². The van der Waals surface area contributed by atoms with Gasteiger partial charge in [0.25, 0.3) is 0 Å². The van der Waals surface area contributed by atoms with Crippen LogP contribution in [-0.2, 0) is 5.41 Å². The van der Waals surface area contributed by atoms with Crippen molar-refractivity contribution in [2.45, 2.75) is 33.1 Å². The fourth-order valence-corrected chi connectivity index (χ4v) is 7.94. The Morgan fingerprint density at radius 3 is 2.21 bits per heavy atom. The second kappa shape index (κ2) is 5.76. The number of fused-ring (bicyclic) bond motifs is 3. The first-order chi connectivity index (χ1) is 11.4. The molecule has 120 valence electrons. The third-order valence-corrected chi connectivity index (χ3v) is 8.14. The van der Waals surface area contributed by atoms with Gasteiger partial charge in [0, 0.05) is 0 Å². The molecule has 24 heavy (non-hydrogen) atoms. The van der Waals surface area contributed by atoms with Crippen molar-refractivity contribution in [3.05, 3.63) is 71.8 Å². The van der Waals surface area contributed by atoms with E-state index in [1.165, 1.54) is 27.5 Å². The first-order valence-corrected chi connectivity index (χ1v) is 10.8. The average molecular weight is 426 g/mol. The predicted octanol–water partition coefficient (Wildman–Crippen LogP) is 6.32. The zero-order valence-electron chi connectivity index (χ0n) is 14.7. The molecule has 0 aliphatic heterocycles. The Bertz CT molecular complexity index is 1030. The molecule has 4 rings (SSSR count). The van der Waals surface area contributed by atoms with Crippen molar-refractivity contribution in [3.8, 4) is 11.1 Å². The van der Waals surface area contributed by atoms with E-state index < -0.39 is 0 Å². The molecular formula is C23H22Te. The molecule has 0 amide bonds. The maximum absolute atomic E-state index is 2.41. The van der Waals surface area contributed by atoms with Crippen LogP contribution in [0.5, 0.6) is 0 Å². The van der Waals surface area contributed by atoms with Crippen molar-refractivity contribution >= 4 is 38.0 Å². The van der Waals surface area contributed by atoms with E-state index in [9.17, 15) is 0 Å². The van der Waals surface area contributed by atoms with Crippen LogP contribution in [-0.4, -0.2) is 20.4 Å².